The summed E-state index contributed by atoms with van der Waals surface area (Å²) in [7, 11) is 0. The normalized spacial score (nSPS) is 8.00. The Hall–Kier alpha value is -0.493. The molecule has 0 radical (unpaired) electrons. The molecule has 0 aliphatic carbocycles. The average Bonchev–Trinajstić information content (AvgIpc) is 1.95. The SMILES string of the molecule is [CH2-]c1ccc(N=S=O)cc1.[Li+]. The topological polar surface area (TPSA) is 29.4 Å². The molecular formula is C7H6LiNOS. The van der Waals surface area contributed by atoms with Crippen molar-refractivity contribution >= 4 is 17.2 Å². The number of nitrogens with zero attached hydrogens (tertiary/aromatic N) is 1. The Bertz CT molecular complexity index is 266. The minimum absolute atomic E-state index is 0. The van der Waals surface area contributed by atoms with Crippen LogP contribution in [0.1, 0.15) is 5.56 Å². The minimum Gasteiger partial charge on any atom is -0.199 e. The van der Waals surface area contributed by atoms with E-state index in [1.165, 1.54) is 0 Å². The first-order valence-electron chi connectivity index (χ1n) is 2.75. The van der Waals surface area contributed by atoms with Gasteiger partial charge in [0.15, 0.2) is 0 Å². The second kappa shape index (κ2) is 5.20. The van der Waals surface area contributed by atoms with Crippen molar-refractivity contribution in [3.8, 4) is 0 Å². The summed E-state index contributed by atoms with van der Waals surface area (Å²) in [5.41, 5.74) is 1.61. The van der Waals surface area contributed by atoms with Crippen molar-refractivity contribution in [1.82, 2.24) is 0 Å². The monoisotopic (exact) mass is 159 g/mol. The van der Waals surface area contributed by atoms with Gasteiger partial charge >= 0.3 is 18.9 Å². The van der Waals surface area contributed by atoms with Gasteiger partial charge in [-0.05, 0) is 0 Å². The Kier molecular flexibility index (Phi) is 4.96. The molecule has 0 N–H and O–H groups in total. The van der Waals surface area contributed by atoms with E-state index in [2.05, 4.69) is 11.3 Å². The average molecular weight is 159 g/mol. The van der Waals surface area contributed by atoms with Crippen LogP contribution in [-0.4, -0.2) is 4.21 Å². The summed E-state index contributed by atoms with van der Waals surface area (Å²) >= 11 is 0.215. The Morgan fingerprint density at radius 3 is 2.27 bits per heavy atom. The maximum atomic E-state index is 9.92. The number of hydrogen-bond acceptors (Lipinski definition) is 2. The molecule has 0 fully saturated rings. The molecule has 1 aromatic carbocycles. The summed E-state index contributed by atoms with van der Waals surface area (Å²) in [5, 5.41) is 0. The maximum Gasteiger partial charge on any atom is 1.00 e. The molecule has 0 aliphatic heterocycles. The van der Waals surface area contributed by atoms with Crippen LogP contribution in [0.3, 0.4) is 0 Å². The second-order valence-corrected chi connectivity index (χ2v) is 2.16. The van der Waals surface area contributed by atoms with Gasteiger partial charge in [0.25, 0.3) is 0 Å². The predicted octanol–water partition coefficient (Wildman–Crippen LogP) is -1.10. The van der Waals surface area contributed by atoms with Gasteiger partial charge < -0.3 is 0 Å². The molecule has 11 heavy (non-hydrogen) atoms. The standard InChI is InChI=1S/C7H6NOS.Li/c1-6-2-4-7(5-3-6)8-10-9;/h2-5H,1H2;/q-1;+1. The third kappa shape index (κ3) is 3.43. The molecule has 0 bridgehead atoms. The van der Waals surface area contributed by atoms with Gasteiger partial charge in [0.1, 0.15) is 0 Å². The third-order valence-electron chi connectivity index (χ3n) is 1.08. The molecule has 4 heteroatoms. The molecule has 1 aromatic rings. The summed E-state index contributed by atoms with van der Waals surface area (Å²) in [5.74, 6) is 0. The molecule has 0 aromatic heterocycles. The minimum atomic E-state index is 0. The van der Waals surface area contributed by atoms with Crippen LogP contribution in [0.25, 0.3) is 0 Å². The van der Waals surface area contributed by atoms with Crippen LogP contribution in [0.2, 0.25) is 0 Å². The summed E-state index contributed by atoms with van der Waals surface area (Å²) in [6, 6.07) is 7.14. The largest absolute Gasteiger partial charge is 1.00 e. The van der Waals surface area contributed by atoms with Gasteiger partial charge in [0.2, 0.25) is 11.5 Å². The van der Waals surface area contributed by atoms with Crippen LogP contribution in [0.15, 0.2) is 28.6 Å². The Balaban J connectivity index is 0.000001000. The summed E-state index contributed by atoms with van der Waals surface area (Å²) in [6.07, 6.45) is 0. The molecule has 1 rings (SSSR count). The first kappa shape index (κ1) is 10.5. The van der Waals surface area contributed by atoms with Gasteiger partial charge in [-0.25, -0.2) is 0 Å². The molecule has 0 unspecified atom stereocenters. The van der Waals surface area contributed by atoms with E-state index in [-0.39, 0.29) is 30.3 Å². The van der Waals surface area contributed by atoms with Crippen LogP contribution < -0.4 is 18.9 Å². The zero-order chi connectivity index (χ0) is 7.40. The molecule has 0 amide bonds. The van der Waals surface area contributed by atoms with Crippen LogP contribution in [0.4, 0.5) is 5.69 Å². The van der Waals surface area contributed by atoms with E-state index in [1.54, 1.807) is 12.1 Å². The Morgan fingerprint density at radius 2 is 1.82 bits per heavy atom. The van der Waals surface area contributed by atoms with Gasteiger partial charge in [0.05, 0.1) is 5.69 Å². The van der Waals surface area contributed by atoms with Gasteiger partial charge in [-0.2, -0.15) is 33.2 Å². The zero-order valence-electron chi connectivity index (χ0n) is 6.28. The van der Waals surface area contributed by atoms with Crippen molar-refractivity contribution in [3.05, 3.63) is 36.8 Å². The molecule has 0 saturated heterocycles. The van der Waals surface area contributed by atoms with Crippen LogP contribution >= 0.6 is 0 Å². The smallest absolute Gasteiger partial charge is 0.199 e. The summed E-state index contributed by atoms with van der Waals surface area (Å²) in [6.45, 7) is 3.70. The number of hydrogen-bond donors (Lipinski definition) is 0. The predicted molar refractivity (Wildman–Crippen MR) is 41.1 cm³/mol. The number of rotatable bonds is 1. The van der Waals surface area contributed by atoms with Crippen molar-refractivity contribution in [2.45, 2.75) is 0 Å². The molecule has 2 nitrogen and oxygen atoms in total. The van der Waals surface area contributed by atoms with Gasteiger partial charge in [-0.15, -0.1) is 0 Å². The van der Waals surface area contributed by atoms with Crippen molar-refractivity contribution in [1.29, 1.82) is 0 Å². The van der Waals surface area contributed by atoms with Crippen molar-refractivity contribution in [2.75, 3.05) is 0 Å². The first-order valence-corrected chi connectivity index (χ1v) is 3.45. The fraction of sp³-hybridized carbons (Fsp3) is 0. The Labute approximate surface area is 81.4 Å². The molecule has 0 aliphatic rings. The Morgan fingerprint density at radius 1 is 1.27 bits per heavy atom. The van der Waals surface area contributed by atoms with Crippen LogP contribution in [0.5, 0.6) is 0 Å². The van der Waals surface area contributed by atoms with E-state index >= 15 is 0 Å². The molecule has 52 valence electrons. The third-order valence-corrected chi connectivity index (χ3v) is 1.36. The first-order chi connectivity index (χ1) is 4.83. The molecular weight excluding hydrogens is 153 g/mol. The summed E-state index contributed by atoms with van der Waals surface area (Å²) < 4.78 is 13.5. The molecule has 0 saturated carbocycles. The van der Waals surface area contributed by atoms with Crippen molar-refractivity contribution in [3.63, 3.8) is 0 Å². The van der Waals surface area contributed by atoms with E-state index in [9.17, 15) is 4.21 Å². The molecule has 0 atom stereocenters. The van der Waals surface area contributed by atoms with E-state index in [0.717, 1.165) is 5.56 Å². The quantitative estimate of drug-likeness (QED) is 0.378. The van der Waals surface area contributed by atoms with Crippen molar-refractivity contribution < 1.29 is 23.1 Å². The van der Waals surface area contributed by atoms with E-state index in [4.69, 9.17) is 0 Å². The fourth-order valence-electron chi connectivity index (χ4n) is 0.600. The van der Waals surface area contributed by atoms with Gasteiger partial charge in [-0.1, -0.05) is 12.1 Å². The zero-order valence-corrected chi connectivity index (χ0v) is 7.10. The van der Waals surface area contributed by atoms with Gasteiger partial charge in [-0.3, -0.25) is 0 Å². The van der Waals surface area contributed by atoms with E-state index < -0.39 is 0 Å². The second-order valence-electron chi connectivity index (χ2n) is 1.83. The van der Waals surface area contributed by atoms with Gasteiger partial charge in [0, 0.05) is 0 Å². The van der Waals surface area contributed by atoms with E-state index in [1.807, 2.05) is 12.1 Å². The van der Waals surface area contributed by atoms with E-state index in [0.29, 0.717) is 5.69 Å². The van der Waals surface area contributed by atoms with Crippen LogP contribution in [-0.2, 0) is 11.5 Å². The van der Waals surface area contributed by atoms with Crippen molar-refractivity contribution in [2.24, 2.45) is 4.36 Å². The molecule has 0 heterocycles. The fourth-order valence-corrected chi connectivity index (χ4v) is 0.808. The number of benzene rings is 1. The molecule has 0 spiro atoms. The summed E-state index contributed by atoms with van der Waals surface area (Å²) in [4.78, 5) is 0. The van der Waals surface area contributed by atoms with Crippen LogP contribution in [0, 0.1) is 6.92 Å². The maximum absolute atomic E-state index is 9.92.